The van der Waals surface area contributed by atoms with Gasteiger partial charge in [0.1, 0.15) is 5.69 Å². The van der Waals surface area contributed by atoms with Crippen molar-refractivity contribution in [2.45, 2.75) is 0 Å². The minimum Gasteiger partial charge on any atom is -0.378 e. The van der Waals surface area contributed by atoms with Crippen LogP contribution in [0.2, 0.25) is 0 Å². The van der Waals surface area contributed by atoms with Crippen molar-refractivity contribution in [3.05, 3.63) is 64.3 Å². The largest absolute Gasteiger partial charge is 0.378 e. The number of fused-ring (bicyclic) bond motifs is 1. The summed E-state index contributed by atoms with van der Waals surface area (Å²) in [5.41, 5.74) is 2.45. The molecule has 0 spiro atoms. The highest BCUT2D eigenvalue weighted by Gasteiger charge is 2.20. The highest BCUT2D eigenvalue weighted by molar-refractivity contribution is 9.10. The second-order valence-electron chi connectivity index (χ2n) is 6.30. The Morgan fingerprint density at radius 1 is 1.07 bits per heavy atom. The Kier molecular flexibility index (Phi) is 4.96. The van der Waals surface area contributed by atoms with E-state index < -0.39 is 0 Å². The van der Waals surface area contributed by atoms with Crippen LogP contribution < -0.4 is 5.32 Å². The number of H-pyrrole nitrogens is 1. The molecule has 2 N–H and O–H groups in total. The van der Waals surface area contributed by atoms with Crippen LogP contribution in [0.15, 0.2) is 53.0 Å². The fraction of sp³-hybridized carbons (Fsp3) is 0.200. The van der Waals surface area contributed by atoms with Crippen molar-refractivity contribution in [2.24, 2.45) is 0 Å². The summed E-state index contributed by atoms with van der Waals surface area (Å²) in [6.45, 7) is 2.27. The number of halogens is 1. The fourth-order valence-corrected chi connectivity index (χ4v) is 3.76. The van der Waals surface area contributed by atoms with Gasteiger partial charge in [-0.05, 0) is 40.2 Å². The van der Waals surface area contributed by atoms with Crippen LogP contribution >= 0.6 is 15.9 Å². The van der Waals surface area contributed by atoms with Crippen molar-refractivity contribution in [2.75, 3.05) is 31.6 Å². The lowest BCUT2D eigenvalue weighted by Gasteiger charge is -2.27. The average Bonchev–Trinajstić information content (AvgIpc) is 3.05. The van der Waals surface area contributed by atoms with Gasteiger partial charge in [-0.25, -0.2) is 0 Å². The fourth-order valence-electron chi connectivity index (χ4n) is 3.14. The maximum Gasteiger partial charge on any atom is 0.273 e. The summed E-state index contributed by atoms with van der Waals surface area (Å²) in [7, 11) is 0. The predicted molar refractivity (Wildman–Crippen MR) is 107 cm³/mol. The molecule has 0 radical (unpaired) electrons. The Morgan fingerprint density at radius 3 is 2.63 bits per heavy atom. The number of amides is 2. The van der Waals surface area contributed by atoms with Crippen molar-refractivity contribution in [1.29, 1.82) is 0 Å². The van der Waals surface area contributed by atoms with Gasteiger partial charge in [0.05, 0.1) is 17.7 Å². The average molecular weight is 428 g/mol. The van der Waals surface area contributed by atoms with E-state index in [9.17, 15) is 9.59 Å². The first-order valence-electron chi connectivity index (χ1n) is 8.68. The van der Waals surface area contributed by atoms with Crippen LogP contribution in [-0.4, -0.2) is 48.0 Å². The monoisotopic (exact) mass is 427 g/mol. The number of rotatable bonds is 3. The zero-order valence-corrected chi connectivity index (χ0v) is 16.1. The quantitative estimate of drug-likeness (QED) is 0.669. The zero-order chi connectivity index (χ0) is 18.8. The van der Waals surface area contributed by atoms with Crippen molar-refractivity contribution in [1.82, 2.24) is 9.88 Å². The second-order valence-corrected chi connectivity index (χ2v) is 7.09. The molecule has 4 rings (SSSR count). The van der Waals surface area contributed by atoms with Gasteiger partial charge in [-0.3, -0.25) is 9.59 Å². The van der Waals surface area contributed by atoms with Gasteiger partial charge in [0, 0.05) is 35.2 Å². The topological polar surface area (TPSA) is 74.4 Å². The molecule has 0 unspecified atom stereocenters. The van der Waals surface area contributed by atoms with Gasteiger partial charge in [-0.15, -0.1) is 0 Å². The van der Waals surface area contributed by atoms with Crippen molar-refractivity contribution in [3.8, 4) is 0 Å². The van der Waals surface area contributed by atoms with E-state index in [1.807, 2.05) is 24.3 Å². The van der Waals surface area contributed by atoms with Gasteiger partial charge < -0.3 is 19.9 Å². The first-order chi connectivity index (χ1) is 13.1. The number of ether oxygens (including phenoxy) is 1. The molecule has 1 aromatic heterocycles. The number of morpholine rings is 1. The Hall–Kier alpha value is -2.64. The molecule has 0 saturated carbocycles. The number of hydrogen-bond donors (Lipinski definition) is 2. The van der Waals surface area contributed by atoms with E-state index in [4.69, 9.17) is 4.74 Å². The van der Waals surface area contributed by atoms with E-state index >= 15 is 0 Å². The maximum atomic E-state index is 12.7. The Bertz CT molecular complexity index is 1010. The predicted octanol–water partition coefficient (Wildman–Crippen LogP) is 3.66. The third-order valence-corrected chi connectivity index (χ3v) is 5.36. The van der Waals surface area contributed by atoms with Gasteiger partial charge >= 0.3 is 0 Å². The number of hydrogen-bond acceptors (Lipinski definition) is 3. The van der Waals surface area contributed by atoms with Gasteiger partial charge in [0.15, 0.2) is 0 Å². The van der Waals surface area contributed by atoms with Crippen LogP contribution in [0.25, 0.3) is 10.9 Å². The second kappa shape index (κ2) is 7.54. The molecule has 27 heavy (non-hydrogen) atoms. The number of benzene rings is 2. The molecular formula is C20H18BrN3O3. The number of aromatic nitrogens is 1. The lowest BCUT2D eigenvalue weighted by molar-refractivity contribution is 0.0303. The normalized spacial score (nSPS) is 14.3. The molecule has 0 bridgehead atoms. The number of para-hydroxylation sites is 1. The molecule has 1 fully saturated rings. The third kappa shape index (κ3) is 3.61. The molecule has 2 amide bonds. The summed E-state index contributed by atoms with van der Waals surface area (Å²) < 4.78 is 6.01. The summed E-state index contributed by atoms with van der Waals surface area (Å²) in [6.07, 6.45) is 0. The molecule has 1 saturated heterocycles. The molecular weight excluding hydrogens is 410 g/mol. The molecule has 2 heterocycles. The molecule has 3 aromatic rings. The summed E-state index contributed by atoms with van der Waals surface area (Å²) in [6, 6.07) is 14.7. The number of carbonyl (C=O) groups excluding carboxylic acids is 2. The van der Waals surface area contributed by atoms with Crippen molar-refractivity contribution < 1.29 is 14.3 Å². The van der Waals surface area contributed by atoms with Gasteiger partial charge in [0.25, 0.3) is 11.8 Å². The van der Waals surface area contributed by atoms with E-state index in [0.29, 0.717) is 43.2 Å². The van der Waals surface area contributed by atoms with Gasteiger partial charge in [-0.1, -0.05) is 24.3 Å². The van der Waals surface area contributed by atoms with Crippen LogP contribution in [0.4, 0.5) is 5.69 Å². The van der Waals surface area contributed by atoms with E-state index in [0.717, 1.165) is 15.4 Å². The van der Waals surface area contributed by atoms with Gasteiger partial charge in [0.2, 0.25) is 0 Å². The highest BCUT2D eigenvalue weighted by Crippen LogP contribution is 2.28. The molecule has 6 nitrogen and oxygen atoms in total. The van der Waals surface area contributed by atoms with Crippen molar-refractivity contribution >= 4 is 44.3 Å². The molecule has 1 aliphatic heterocycles. The number of nitrogens with zero attached hydrogens (tertiary/aromatic N) is 1. The number of anilines is 1. The lowest BCUT2D eigenvalue weighted by Crippen LogP contribution is -2.40. The first kappa shape index (κ1) is 17.8. The third-order valence-electron chi connectivity index (χ3n) is 4.54. The number of carbonyl (C=O) groups is 2. The first-order valence-corrected chi connectivity index (χ1v) is 9.47. The van der Waals surface area contributed by atoms with Crippen LogP contribution in [0.1, 0.15) is 20.8 Å². The highest BCUT2D eigenvalue weighted by atomic mass is 79.9. The maximum absolute atomic E-state index is 12.7. The molecule has 0 aliphatic carbocycles. The SMILES string of the molecule is O=C(Nc1cccc(C(=O)N2CCOCC2)c1)c1[nH]c2ccccc2c1Br. The van der Waals surface area contributed by atoms with E-state index in [-0.39, 0.29) is 11.8 Å². The Labute approximate surface area is 164 Å². The van der Waals surface area contributed by atoms with E-state index in [1.54, 1.807) is 29.2 Å². The molecule has 2 aromatic carbocycles. The minimum absolute atomic E-state index is 0.0545. The smallest absolute Gasteiger partial charge is 0.273 e. The summed E-state index contributed by atoms with van der Waals surface area (Å²) >= 11 is 3.49. The minimum atomic E-state index is -0.269. The standard InChI is InChI=1S/C20H18BrN3O3/c21-17-15-6-1-2-7-16(15)23-18(17)19(25)22-14-5-3-4-13(12-14)20(26)24-8-10-27-11-9-24/h1-7,12,23H,8-11H2,(H,22,25). The van der Waals surface area contributed by atoms with E-state index in [2.05, 4.69) is 26.2 Å². The lowest BCUT2D eigenvalue weighted by atomic mass is 10.1. The van der Waals surface area contributed by atoms with Gasteiger partial charge in [-0.2, -0.15) is 0 Å². The van der Waals surface area contributed by atoms with E-state index in [1.165, 1.54) is 0 Å². The van der Waals surface area contributed by atoms with Crippen LogP contribution in [-0.2, 0) is 4.74 Å². The van der Waals surface area contributed by atoms with Crippen molar-refractivity contribution in [3.63, 3.8) is 0 Å². The Balaban J connectivity index is 1.54. The molecule has 0 atom stereocenters. The Morgan fingerprint density at radius 2 is 1.85 bits per heavy atom. The summed E-state index contributed by atoms with van der Waals surface area (Å²) in [4.78, 5) is 30.2. The molecule has 1 aliphatic rings. The van der Waals surface area contributed by atoms with Crippen LogP contribution in [0.5, 0.6) is 0 Å². The molecule has 7 heteroatoms. The number of aromatic amines is 1. The molecule has 138 valence electrons. The van der Waals surface area contributed by atoms with Crippen LogP contribution in [0, 0.1) is 0 Å². The van der Waals surface area contributed by atoms with Crippen LogP contribution in [0.3, 0.4) is 0 Å². The number of nitrogens with one attached hydrogen (secondary N) is 2. The zero-order valence-electron chi connectivity index (χ0n) is 14.5. The summed E-state index contributed by atoms with van der Waals surface area (Å²) in [5, 5.41) is 3.81. The summed E-state index contributed by atoms with van der Waals surface area (Å²) in [5.74, 6) is -0.324.